The van der Waals surface area contributed by atoms with E-state index in [1.807, 2.05) is 6.92 Å². The van der Waals surface area contributed by atoms with Crippen molar-refractivity contribution in [1.29, 1.82) is 0 Å². The normalized spacial score (nSPS) is 19.1. The van der Waals surface area contributed by atoms with Crippen LogP contribution in [-0.4, -0.2) is 45.6 Å². The Kier molecular flexibility index (Phi) is 5.49. The van der Waals surface area contributed by atoms with Crippen molar-refractivity contribution in [3.63, 3.8) is 0 Å². The highest BCUT2D eigenvalue weighted by atomic mass is 16.7. The summed E-state index contributed by atoms with van der Waals surface area (Å²) in [4.78, 5) is 11.1. The topological polar surface area (TPSA) is 86.5 Å². The van der Waals surface area contributed by atoms with E-state index in [0.717, 1.165) is 32.3 Å². The fraction of sp³-hybridized carbons (Fsp3) is 0.769. The van der Waals surface area contributed by atoms with Crippen LogP contribution in [0.1, 0.15) is 48.8 Å². The Morgan fingerprint density at radius 3 is 3.05 bits per heavy atom. The van der Waals surface area contributed by atoms with Gasteiger partial charge in [0.25, 0.3) is 0 Å². The van der Waals surface area contributed by atoms with Gasteiger partial charge in [0.05, 0.1) is 18.8 Å². The van der Waals surface area contributed by atoms with Crippen molar-refractivity contribution in [2.45, 2.75) is 51.9 Å². The zero-order chi connectivity index (χ0) is 14.4. The molecule has 20 heavy (non-hydrogen) atoms. The smallest absolute Gasteiger partial charge is 0.358 e. The molecular weight excluding hydrogens is 262 g/mol. The monoisotopic (exact) mass is 283 g/mol. The molecule has 0 bridgehead atoms. The molecule has 1 atom stereocenters. The largest absolute Gasteiger partial charge is 0.476 e. The molecule has 1 aromatic heterocycles. The molecule has 0 saturated carbocycles. The Labute approximate surface area is 117 Å². The molecule has 1 N–H and O–H groups in total. The molecule has 112 valence electrons. The minimum atomic E-state index is -1.03. The van der Waals surface area contributed by atoms with Crippen LogP contribution >= 0.6 is 0 Å². The first-order valence-corrected chi connectivity index (χ1v) is 7.11. The van der Waals surface area contributed by atoms with Crippen molar-refractivity contribution in [2.24, 2.45) is 0 Å². The maximum absolute atomic E-state index is 11.1. The third-order valence-corrected chi connectivity index (χ3v) is 3.27. The lowest BCUT2D eigenvalue weighted by atomic mass is 10.2. The van der Waals surface area contributed by atoms with E-state index in [1.54, 1.807) is 4.68 Å². The van der Waals surface area contributed by atoms with Crippen molar-refractivity contribution >= 4 is 5.97 Å². The Hall–Kier alpha value is -1.47. The summed E-state index contributed by atoms with van der Waals surface area (Å²) in [6, 6.07) is 0. The molecule has 0 amide bonds. The quantitative estimate of drug-likeness (QED) is 0.815. The van der Waals surface area contributed by atoms with Gasteiger partial charge in [-0.2, -0.15) is 0 Å². The number of carboxylic acids is 1. The fourth-order valence-electron chi connectivity index (χ4n) is 2.28. The van der Waals surface area contributed by atoms with Gasteiger partial charge in [-0.1, -0.05) is 18.6 Å². The number of ether oxygens (including phenoxy) is 2. The summed E-state index contributed by atoms with van der Waals surface area (Å²) in [5.41, 5.74) is 0.703. The van der Waals surface area contributed by atoms with Crippen molar-refractivity contribution in [1.82, 2.24) is 15.0 Å². The Balaban J connectivity index is 1.89. The van der Waals surface area contributed by atoms with Crippen LogP contribution in [0.5, 0.6) is 0 Å². The molecule has 2 rings (SSSR count). The molecule has 1 saturated heterocycles. The van der Waals surface area contributed by atoms with E-state index in [2.05, 4.69) is 10.3 Å². The van der Waals surface area contributed by atoms with Gasteiger partial charge in [-0.3, -0.25) is 0 Å². The number of nitrogens with zero attached hydrogens (tertiary/aromatic N) is 3. The van der Waals surface area contributed by atoms with E-state index in [9.17, 15) is 4.79 Å². The maximum Gasteiger partial charge on any atom is 0.358 e. The minimum absolute atomic E-state index is 0.0424. The Morgan fingerprint density at radius 1 is 1.55 bits per heavy atom. The molecule has 0 aromatic carbocycles. The summed E-state index contributed by atoms with van der Waals surface area (Å²) >= 11 is 0. The van der Waals surface area contributed by atoms with E-state index >= 15 is 0 Å². The van der Waals surface area contributed by atoms with Gasteiger partial charge in [-0.15, -0.1) is 5.10 Å². The zero-order valence-electron chi connectivity index (χ0n) is 11.7. The molecule has 1 unspecified atom stereocenters. The van der Waals surface area contributed by atoms with Gasteiger partial charge in [0, 0.05) is 6.61 Å². The third kappa shape index (κ3) is 3.77. The van der Waals surface area contributed by atoms with Crippen molar-refractivity contribution in [3.05, 3.63) is 11.4 Å². The highest BCUT2D eigenvalue weighted by molar-refractivity contribution is 5.86. The predicted molar refractivity (Wildman–Crippen MR) is 70.5 cm³/mol. The van der Waals surface area contributed by atoms with Crippen LogP contribution in [0.15, 0.2) is 0 Å². The molecule has 0 spiro atoms. The molecule has 2 heterocycles. The number of hydrogen-bond acceptors (Lipinski definition) is 5. The summed E-state index contributed by atoms with van der Waals surface area (Å²) in [5.74, 6) is -1.03. The number of carboxylic acid groups (broad SMARTS) is 1. The van der Waals surface area contributed by atoms with E-state index in [1.165, 1.54) is 0 Å². The number of aromatic carboxylic acids is 1. The highest BCUT2D eigenvalue weighted by Gasteiger charge is 2.19. The number of aromatic nitrogens is 3. The lowest BCUT2D eigenvalue weighted by Crippen LogP contribution is -2.24. The van der Waals surface area contributed by atoms with Gasteiger partial charge < -0.3 is 14.6 Å². The lowest BCUT2D eigenvalue weighted by molar-refractivity contribution is -0.163. The van der Waals surface area contributed by atoms with Crippen molar-refractivity contribution in [3.8, 4) is 0 Å². The fourth-order valence-corrected chi connectivity index (χ4v) is 2.28. The highest BCUT2D eigenvalue weighted by Crippen LogP contribution is 2.14. The second kappa shape index (κ2) is 7.35. The molecular formula is C13H21N3O4. The SMILES string of the molecule is CCCc1c(C(=O)O)nnn1CCOC1CCCCO1. The summed E-state index contributed by atoms with van der Waals surface area (Å²) in [6.07, 6.45) is 4.49. The van der Waals surface area contributed by atoms with Gasteiger partial charge in [-0.25, -0.2) is 9.48 Å². The van der Waals surface area contributed by atoms with Crippen LogP contribution in [0.2, 0.25) is 0 Å². The number of hydrogen-bond donors (Lipinski definition) is 1. The molecule has 7 nitrogen and oxygen atoms in total. The molecule has 1 aromatic rings. The van der Waals surface area contributed by atoms with Gasteiger partial charge in [0.15, 0.2) is 12.0 Å². The van der Waals surface area contributed by atoms with Crippen LogP contribution in [0.4, 0.5) is 0 Å². The second-order valence-electron chi connectivity index (χ2n) is 4.83. The predicted octanol–water partition coefficient (Wildman–Crippen LogP) is 1.47. The van der Waals surface area contributed by atoms with Crippen LogP contribution in [0.25, 0.3) is 0 Å². The number of carbonyl (C=O) groups is 1. The van der Waals surface area contributed by atoms with Crippen LogP contribution in [0, 0.1) is 0 Å². The summed E-state index contributed by atoms with van der Waals surface area (Å²) < 4.78 is 12.7. The molecule has 0 aliphatic carbocycles. The average Bonchev–Trinajstić information content (AvgIpc) is 2.84. The van der Waals surface area contributed by atoms with Gasteiger partial charge >= 0.3 is 5.97 Å². The first kappa shape index (κ1) is 14.9. The van der Waals surface area contributed by atoms with Gasteiger partial charge in [-0.05, 0) is 25.7 Å². The molecule has 1 aliphatic rings. The van der Waals surface area contributed by atoms with Crippen LogP contribution < -0.4 is 0 Å². The molecule has 1 fully saturated rings. The average molecular weight is 283 g/mol. The maximum atomic E-state index is 11.1. The van der Waals surface area contributed by atoms with E-state index in [4.69, 9.17) is 14.6 Å². The standard InChI is InChI=1S/C13H21N3O4/c1-2-5-10-12(13(17)18)14-15-16(10)7-9-20-11-6-3-4-8-19-11/h11H,2-9H2,1H3,(H,17,18). The van der Waals surface area contributed by atoms with E-state index in [0.29, 0.717) is 25.3 Å². The first-order valence-electron chi connectivity index (χ1n) is 7.11. The van der Waals surface area contributed by atoms with Gasteiger partial charge in [0.2, 0.25) is 0 Å². The third-order valence-electron chi connectivity index (χ3n) is 3.27. The first-order chi connectivity index (χ1) is 9.72. The van der Waals surface area contributed by atoms with Crippen LogP contribution in [-0.2, 0) is 22.4 Å². The minimum Gasteiger partial charge on any atom is -0.476 e. The van der Waals surface area contributed by atoms with Gasteiger partial charge in [0.1, 0.15) is 0 Å². The summed E-state index contributed by atoms with van der Waals surface area (Å²) in [7, 11) is 0. The summed E-state index contributed by atoms with van der Waals surface area (Å²) in [5, 5.41) is 16.7. The van der Waals surface area contributed by atoms with Crippen molar-refractivity contribution < 1.29 is 19.4 Å². The van der Waals surface area contributed by atoms with E-state index < -0.39 is 5.97 Å². The Morgan fingerprint density at radius 2 is 2.40 bits per heavy atom. The van der Waals surface area contributed by atoms with Crippen LogP contribution in [0.3, 0.4) is 0 Å². The Bertz CT molecular complexity index is 441. The van der Waals surface area contributed by atoms with Crippen molar-refractivity contribution in [2.75, 3.05) is 13.2 Å². The molecule has 0 radical (unpaired) electrons. The molecule has 1 aliphatic heterocycles. The lowest BCUT2D eigenvalue weighted by Gasteiger charge is -2.22. The number of rotatable bonds is 7. The summed E-state index contributed by atoms with van der Waals surface area (Å²) in [6.45, 7) is 3.69. The van der Waals surface area contributed by atoms with E-state index in [-0.39, 0.29) is 12.0 Å². The zero-order valence-corrected chi connectivity index (χ0v) is 11.7. The molecule has 7 heteroatoms. The second-order valence-corrected chi connectivity index (χ2v) is 4.83.